The summed E-state index contributed by atoms with van der Waals surface area (Å²) in [6.45, 7) is 1.56. The molecule has 2 aromatic heterocycles. The Morgan fingerprint density at radius 2 is 2.10 bits per heavy atom. The first-order valence-electron chi connectivity index (χ1n) is 9.17. The van der Waals surface area contributed by atoms with Crippen molar-refractivity contribution >= 4 is 38.9 Å². The first-order chi connectivity index (χ1) is 14.4. The normalized spacial score (nSPS) is 16.5. The van der Waals surface area contributed by atoms with Gasteiger partial charge in [0.1, 0.15) is 11.8 Å². The molecule has 8 nitrogen and oxygen atoms in total. The number of nitrogens with zero attached hydrogens (tertiary/aromatic N) is 2. The molecule has 1 amide bonds. The number of nitrogens with one attached hydrogen (secondary N) is 1. The highest BCUT2D eigenvalue weighted by molar-refractivity contribution is 7.92. The van der Waals surface area contributed by atoms with Gasteiger partial charge in [0.05, 0.1) is 17.7 Å². The van der Waals surface area contributed by atoms with E-state index < -0.39 is 22.0 Å². The fourth-order valence-corrected chi connectivity index (χ4v) is 3.91. The number of hydrogen-bond donors (Lipinski definition) is 1. The van der Waals surface area contributed by atoms with E-state index in [4.69, 9.17) is 20.4 Å². The van der Waals surface area contributed by atoms with Crippen LogP contribution in [0.5, 0.6) is 0 Å². The van der Waals surface area contributed by atoms with Gasteiger partial charge in [-0.2, -0.15) is 5.10 Å². The van der Waals surface area contributed by atoms with Crippen molar-refractivity contribution < 1.29 is 22.0 Å². The molecular weight excluding hydrogens is 430 g/mol. The lowest BCUT2D eigenvalue weighted by Gasteiger charge is -2.18. The molecular formula is C20H18ClN3O5S. The predicted octanol–water partition coefficient (Wildman–Crippen LogP) is 4.28. The summed E-state index contributed by atoms with van der Waals surface area (Å²) in [6, 6.07) is 12.8. The average molecular weight is 448 g/mol. The molecule has 0 saturated heterocycles. The van der Waals surface area contributed by atoms with Gasteiger partial charge in [0.15, 0.2) is 11.0 Å². The number of hydrogen-bond acceptors (Lipinski definition) is 6. The number of amides is 1. The van der Waals surface area contributed by atoms with Crippen LogP contribution < -0.4 is 4.72 Å². The van der Waals surface area contributed by atoms with Gasteiger partial charge in [0.25, 0.3) is 0 Å². The highest BCUT2D eigenvalue weighted by atomic mass is 35.5. The second-order valence-corrected chi connectivity index (χ2v) is 9.01. The number of carbonyl (C=O) groups is 1. The minimum atomic E-state index is -3.41. The van der Waals surface area contributed by atoms with Crippen LogP contribution in [0.15, 0.2) is 68.7 Å². The Bertz CT molecular complexity index is 1200. The molecule has 3 aromatic rings. The smallest absolute Gasteiger partial charge is 0.310 e. The zero-order valence-corrected chi connectivity index (χ0v) is 17.5. The average Bonchev–Trinajstić information content (AvgIpc) is 3.47. The maximum absolute atomic E-state index is 12.9. The number of benzene rings is 1. The summed E-state index contributed by atoms with van der Waals surface area (Å²) in [4.78, 5) is 12.9. The molecule has 0 unspecified atom stereocenters. The zero-order chi connectivity index (χ0) is 21.3. The van der Waals surface area contributed by atoms with Crippen LogP contribution >= 0.6 is 11.6 Å². The molecule has 0 saturated carbocycles. The zero-order valence-electron chi connectivity index (χ0n) is 15.9. The molecule has 30 heavy (non-hydrogen) atoms. The third-order valence-corrected chi connectivity index (χ3v) is 6.13. The van der Waals surface area contributed by atoms with Crippen LogP contribution in [0.3, 0.4) is 0 Å². The summed E-state index contributed by atoms with van der Waals surface area (Å²) in [5.74, 6) is 0.175. The highest BCUT2D eigenvalue weighted by Gasteiger charge is 2.36. The second kappa shape index (κ2) is 8.00. The van der Waals surface area contributed by atoms with Crippen LogP contribution in [0.25, 0.3) is 0 Å². The van der Waals surface area contributed by atoms with Crippen molar-refractivity contribution in [2.75, 3.05) is 10.5 Å². The first kappa shape index (κ1) is 20.2. The van der Waals surface area contributed by atoms with E-state index in [1.165, 1.54) is 11.3 Å². The number of rotatable bonds is 6. The van der Waals surface area contributed by atoms with E-state index in [1.807, 2.05) is 0 Å². The van der Waals surface area contributed by atoms with Crippen molar-refractivity contribution in [3.05, 3.63) is 77.1 Å². The molecule has 1 aliphatic rings. The van der Waals surface area contributed by atoms with Gasteiger partial charge in [-0.15, -0.1) is 0 Å². The van der Waals surface area contributed by atoms with Crippen molar-refractivity contribution in [2.24, 2.45) is 5.10 Å². The number of furan rings is 2. The Morgan fingerprint density at radius 1 is 1.27 bits per heavy atom. The molecule has 0 spiro atoms. The predicted molar refractivity (Wildman–Crippen MR) is 112 cm³/mol. The lowest BCUT2D eigenvalue weighted by atomic mass is 10.0. The monoisotopic (exact) mass is 447 g/mol. The summed E-state index contributed by atoms with van der Waals surface area (Å²) in [5, 5.41) is 6.01. The molecule has 1 N–H and O–H groups in total. The molecule has 1 atom stereocenters. The van der Waals surface area contributed by atoms with Gasteiger partial charge < -0.3 is 8.83 Å². The molecule has 0 aliphatic carbocycles. The van der Waals surface area contributed by atoms with Gasteiger partial charge >= 0.3 is 5.91 Å². The molecule has 156 valence electrons. The fraction of sp³-hybridized carbons (Fsp3) is 0.200. The van der Waals surface area contributed by atoms with Gasteiger partial charge in [-0.05, 0) is 60.5 Å². The Morgan fingerprint density at radius 3 is 2.77 bits per heavy atom. The Hall–Kier alpha value is -3.04. The number of anilines is 1. The van der Waals surface area contributed by atoms with Crippen molar-refractivity contribution in [1.29, 1.82) is 0 Å². The topological polar surface area (TPSA) is 105 Å². The van der Waals surface area contributed by atoms with Gasteiger partial charge in [-0.1, -0.05) is 12.1 Å². The summed E-state index contributed by atoms with van der Waals surface area (Å²) >= 11 is 5.92. The second-order valence-electron chi connectivity index (χ2n) is 6.62. The SMILES string of the molecule is CCS(=O)(=O)Nc1cccc(C2=NN(C(=O)c3ccco3)[C@@H](c3ccc(Cl)o3)C2)c1. The molecule has 3 heterocycles. The van der Waals surface area contributed by atoms with Crippen LogP contribution in [0, 0.1) is 0 Å². The number of carbonyl (C=O) groups excluding carboxylic acids is 1. The van der Waals surface area contributed by atoms with Crippen LogP contribution in [0.4, 0.5) is 5.69 Å². The summed E-state index contributed by atoms with van der Waals surface area (Å²) in [7, 11) is -3.41. The Balaban J connectivity index is 1.68. The Kier molecular flexibility index (Phi) is 5.40. The summed E-state index contributed by atoms with van der Waals surface area (Å²) in [6.07, 6.45) is 1.77. The van der Waals surface area contributed by atoms with E-state index in [1.54, 1.807) is 55.5 Å². The lowest BCUT2D eigenvalue weighted by molar-refractivity contribution is 0.0660. The van der Waals surface area contributed by atoms with E-state index in [9.17, 15) is 13.2 Å². The van der Waals surface area contributed by atoms with Gasteiger partial charge in [-0.25, -0.2) is 13.4 Å². The molecule has 10 heteroatoms. The minimum absolute atomic E-state index is 0.0368. The molecule has 1 aliphatic heterocycles. The van der Waals surface area contributed by atoms with Gasteiger partial charge in [0, 0.05) is 12.1 Å². The van der Waals surface area contributed by atoms with Crippen LogP contribution in [-0.2, 0) is 10.0 Å². The maximum atomic E-state index is 12.9. The third kappa shape index (κ3) is 4.12. The van der Waals surface area contributed by atoms with E-state index in [0.29, 0.717) is 29.1 Å². The molecule has 1 aromatic carbocycles. The fourth-order valence-electron chi connectivity index (χ4n) is 3.13. The standard InChI is InChI=1S/C20H18ClN3O5S/c1-2-30(26,27)23-14-6-3-5-13(11-14)15-12-16(17-8-9-19(21)29-17)24(22-15)20(25)18-7-4-10-28-18/h3-11,16,23H,2,12H2,1H3/t16-/m1/s1. The van der Waals surface area contributed by atoms with Crippen LogP contribution in [0.2, 0.25) is 5.22 Å². The van der Waals surface area contributed by atoms with Crippen LogP contribution in [0.1, 0.15) is 41.3 Å². The largest absolute Gasteiger partial charge is 0.459 e. The van der Waals surface area contributed by atoms with E-state index >= 15 is 0 Å². The first-order valence-corrected chi connectivity index (χ1v) is 11.2. The third-order valence-electron chi connectivity index (χ3n) is 4.62. The molecule has 0 fully saturated rings. The van der Waals surface area contributed by atoms with Crippen molar-refractivity contribution in [1.82, 2.24) is 5.01 Å². The number of halogens is 1. The maximum Gasteiger partial charge on any atom is 0.310 e. The molecule has 0 bridgehead atoms. The van der Waals surface area contributed by atoms with Crippen molar-refractivity contribution in [2.45, 2.75) is 19.4 Å². The number of sulfonamides is 1. The molecule has 0 radical (unpaired) electrons. The lowest BCUT2D eigenvalue weighted by Crippen LogP contribution is -2.26. The van der Waals surface area contributed by atoms with Crippen molar-refractivity contribution in [3.8, 4) is 0 Å². The van der Waals surface area contributed by atoms with Crippen molar-refractivity contribution in [3.63, 3.8) is 0 Å². The van der Waals surface area contributed by atoms with Crippen LogP contribution in [-0.4, -0.2) is 30.8 Å². The summed E-state index contributed by atoms with van der Waals surface area (Å²) < 4.78 is 37.0. The van der Waals surface area contributed by atoms with Gasteiger partial charge in [0.2, 0.25) is 10.0 Å². The van der Waals surface area contributed by atoms with E-state index in [-0.39, 0.29) is 16.7 Å². The summed E-state index contributed by atoms with van der Waals surface area (Å²) in [5.41, 5.74) is 1.71. The quantitative estimate of drug-likeness (QED) is 0.607. The molecule has 4 rings (SSSR count). The van der Waals surface area contributed by atoms with E-state index in [0.717, 1.165) is 0 Å². The van der Waals surface area contributed by atoms with E-state index in [2.05, 4.69) is 9.82 Å². The Labute approximate surface area is 178 Å². The number of hydrazone groups is 1. The van der Waals surface area contributed by atoms with Gasteiger partial charge in [-0.3, -0.25) is 9.52 Å². The highest BCUT2D eigenvalue weighted by Crippen LogP contribution is 2.36. The minimum Gasteiger partial charge on any atom is -0.459 e.